The molecule has 5 nitrogen and oxygen atoms in total. The highest BCUT2D eigenvalue weighted by Gasteiger charge is 2.29. The van der Waals surface area contributed by atoms with E-state index in [0.29, 0.717) is 17.3 Å². The number of nitrogens with zero attached hydrogens (tertiary/aromatic N) is 2. The molecule has 0 radical (unpaired) electrons. The van der Waals surface area contributed by atoms with Crippen LogP contribution >= 0.6 is 11.6 Å². The fourth-order valence-electron chi connectivity index (χ4n) is 4.29. The number of furan rings is 1. The van der Waals surface area contributed by atoms with Crippen LogP contribution in [-0.4, -0.2) is 15.7 Å². The van der Waals surface area contributed by atoms with Gasteiger partial charge in [-0.15, -0.1) is 0 Å². The van der Waals surface area contributed by atoms with E-state index in [1.807, 2.05) is 61.0 Å². The Hall–Kier alpha value is -3.31. The van der Waals surface area contributed by atoms with Gasteiger partial charge in [0, 0.05) is 34.5 Å². The number of rotatable bonds is 4. The molecule has 0 spiro atoms. The number of nitrogens with one attached hydrogen (secondary N) is 1. The first kappa shape index (κ1) is 20.6. The molecule has 4 aromatic rings. The van der Waals surface area contributed by atoms with Crippen LogP contribution in [0.25, 0.3) is 11.3 Å². The van der Waals surface area contributed by atoms with Crippen LogP contribution in [0.5, 0.6) is 0 Å². The molecule has 0 unspecified atom stereocenters. The quantitative estimate of drug-likeness (QED) is 0.411. The van der Waals surface area contributed by atoms with Crippen molar-refractivity contribution in [2.75, 3.05) is 5.32 Å². The standard InChI is InChI=1S/C26H24ClN3O2/c1-15-7-9-21(11-16(15)2)28-26(31)25-17(3)23-22(32-25)10-8-19-14-30(29-24(19)23)13-18-5-4-6-20(27)12-18/h4-7,9,11-12,14H,8,10,13H2,1-3H3,(H,28,31). The first-order valence-corrected chi connectivity index (χ1v) is 11.1. The van der Waals surface area contributed by atoms with E-state index in [9.17, 15) is 4.79 Å². The van der Waals surface area contributed by atoms with Gasteiger partial charge < -0.3 is 9.73 Å². The largest absolute Gasteiger partial charge is 0.455 e. The average Bonchev–Trinajstić information content (AvgIpc) is 3.31. The number of carbonyl (C=O) groups is 1. The summed E-state index contributed by atoms with van der Waals surface area (Å²) >= 11 is 6.13. The molecular formula is C26H24ClN3O2. The molecule has 1 aliphatic carbocycles. The SMILES string of the molecule is Cc1ccc(NC(=O)c2oc3c(c2C)-c2nn(Cc4cccc(Cl)c4)cc2CC3)cc1C. The van der Waals surface area contributed by atoms with Crippen molar-refractivity contribution in [3.8, 4) is 11.3 Å². The Labute approximate surface area is 192 Å². The summed E-state index contributed by atoms with van der Waals surface area (Å²) in [6.45, 7) is 6.65. The predicted molar refractivity (Wildman–Crippen MR) is 126 cm³/mol. The highest BCUT2D eigenvalue weighted by atomic mass is 35.5. The van der Waals surface area contributed by atoms with Gasteiger partial charge in [-0.2, -0.15) is 5.10 Å². The van der Waals surface area contributed by atoms with E-state index in [2.05, 4.69) is 18.4 Å². The van der Waals surface area contributed by atoms with Crippen LogP contribution in [0.2, 0.25) is 5.02 Å². The molecule has 32 heavy (non-hydrogen) atoms. The van der Waals surface area contributed by atoms with Crippen LogP contribution in [0.3, 0.4) is 0 Å². The molecule has 2 heterocycles. The van der Waals surface area contributed by atoms with Crippen molar-refractivity contribution in [3.05, 3.63) is 93.0 Å². The molecule has 0 bridgehead atoms. The summed E-state index contributed by atoms with van der Waals surface area (Å²) in [6, 6.07) is 13.7. The smallest absolute Gasteiger partial charge is 0.291 e. The first-order valence-electron chi connectivity index (χ1n) is 10.7. The first-order chi connectivity index (χ1) is 15.4. The average molecular weight is 446 g/mol. The zero-order valence-corrected chi connectivity index (χ0v) is 19.1. The summed E-state index contributed by atoms with van der Waals surface area (Å²) < 4.78 is 7.98. The fraction of sp³-hybridized carbons (Fsp3) is 0.231. The van der Waals surface area contributed by atoms with Crippen LogP contribution in [0.15, 0.2) is 53.1 Å². The minimum Gasteiger partial charge on any atom is -0.455 e. The number of benzene rings is 2. The number of halogens is 1. The molecule has 0 saturated carbocycles. The molecule has 0 fully saturated rings. The van der Waals surface area contributed by atoms with Gasteiger partial charge in [0.15, 0.2) is 5.76 Å². The number of fused-ring (bicyclic) bond motifs is 3. The molecular weight excluding hydrogens is 422 g/mol. The Balaban J connectivity index is 1.44. The number of aromatic nitrogens is 2. The Morgan fingerprint density at radius 1 is 1.12 bits per heavy atom. The van der Waals surface area contributed by atoms with Crippen molar-refractivity contribution < 1.29 is 9.21 Å². The number of carbonyl (C=O) groups excluding carboxylic acids is 1. The lowest BCUT2D eigenvalue weighted by Crippen LogP contribution is -2.12. The second-order valence-electron chi connectivity index (χ2n) is 8.44. The molecule has 0 saturated heterocycles. The van der Waals surface area contributed by atoms with Crippen molar-refractivity contribution in [2.24, 2.45) is 0 Å². The zero-order valence-electron chi connectivity index (χ0n) is 18.3. The summed E-state index contributed by atoms with van der Waals surface area (Å²) in [5.41, 5.74) is 8.02. The van der Waals surface area contributed by atoms with Crippen LogP contribution < -0.4 is 5.32 Å². The predicted octanol–water partition coefficient (Wildman–Crippen LogP) is 6.12. The Morgan fingerprint density at radius 2 is 1.97 bits per heavy atom. The highest BCUT2D eigenvalue weighted by Crippen LogP contribution is 2.38. The van der Waals surface area contributed by atoms with Crippen LogP contribution in [0, 0.1) is 20.8 Å². The molecule has 1 aliphatic rings. The molecule has 0 atom stereocenters. The Kier molecular flexibility index (Phi) is 5.14. The number of hydrogen-bond donors (Lipinski definition) is 1. The lowest BCUT2D eigenvalue weighted by molar-refractivity contribution is 0.0994. The summed E-state index contributed by atoms with van der Waals surface area (Å²) in [5.74, 6) is 0.943. The lowest BCUT2D eigenvalue weighted by Gasteiger charge is -2.09. The maximum absolute atomic E-state index is 13.0. The molecule has 1 amide bonds. The van der Waals surface area contributed by atoms with Gasteiger partial charge in [-0.05, 0) is 73.7 Å². The van der Waals surface area contributed by atoms with Crippen LogP contribution in [0.1, 0.15) is 44.1 Å². The Morgan fingerprint density at radius 3 is 2.75 bits per heavy atom. The minimum absolute atomic E-state index is 0.236. The van der Waals surface area contributed by atoms with Gasteiger partial charge in [-0.25, -0.2) is 0 Å². The van der Waals surface area contributed by atoms with E-state index in [4.69, 9.17) is 21.1 Å². The number of amides is 1. The third-order valence-electron chi connectivity index (χ3n) is 6.12. The van der Waals surface area contributed by atoms with Crippen molar-refractivity contribution in [2.45, 2.75) is 40.2 Å². The van der Waals surface area contributed by atoms with Crippen LogP contribution in [0.4, 0.5) is 5.69 Å². The van der Waals surface area contributed by atoms with E-state index < -0.39 is 0 Å². The van der Waals surface area contributed by atoms with Gasteiger partial charge >= 0.3 is 0 Å². The van der Waals surface area contributed by atoms with Gasteiger partial charge in [0.05, 0.1) is 12.2 Å². The van der Waals surface area contributed by atoms with Gasteiger partial charge in [-0.1, -0.05) is 29.8 Å². The molecule has 1 N–H and O–H groups in total. The van der Waals surface area contributed by atoms with Gasteiger partial charge in [-0.3, -0.25) is 9.48 Å². The molecule has 0 aliphatic heterocycles. The summed E-state index contributed by atoms with van der Waals surface area (Å²) in [5, 5.41) is 8.52. The zero-order chi connectivity index (χ0) is 22.4. The van der Waals surface area contributed by atoms with Gasteiger partial charge in [0.2, 0.25) is 0 Å². The summed E-state index contributed by atoms with van der Waals surface area (Å²) in [4.78, 5) is 13.0. The fourth-order valence-corrected chi connectivity index (χ4v) is 4.50. The van der Waals surface area contributed by atoms with Crippen LogP contribution in [-0.2, 0) is 19.4 Å². The van der Waals surface area contributed by atoms with Crippen molar-refractivity contribution in [1.29, 1.82) is 0 Å². The number of hydrogen-bond acceptors (Lipinski definition) is 3. The molecule has 2 aromatic carbocycles. The molecule has 6 heteroatoms. The third kappa shape index (κ3) is 3.73. The topological polar surface area (TPSA) is 60.1 Å². The maximum Gasteiger partial charge on any atom is 0.291 e. The second-order valence-corrected chi connectivity index (χ2v) is 8.87. The monoisotopic (exact) mass is 445 g/mol. The van der Waals surface area contributed by atoms with E-state index in [1.165, 1.54) is 11.1 Å². The molecule has 2 aromatic heterocycles. The Bertz CT molecular complexity index is 1350. The minimum atomic E-state index is -0.236. The van der Waals surface area contributed by atoms with E-state index >= 15 is 0 Å². The normalized spacial score (nSPS) is 12.4. The maximum atomic E-state index is 13.0. The third-order valence-corrected chi connectivity index (χ3v) is 6.36. The van der Waals surface area contributed by atoms with Gasteiger partial charge in [0.1, 0.15) is 5.76 Å². The van der Waals surface area contributed by atoms with Crippen molar-refractivity contribution >= 4 is 23.2 Å². The number of aryl methyl sites for hydroxylation is 4. The second kappa shape index (κ2) is 7.99. The molecule has 5 rings (SSSR count). The van der Waals surface area contributed by atoms with E-state index in [1.54, 1.807) is 0 Å². The lowest BCUT2D eigenvalue weighted by atomic mass is 9.93. The molecule has 162 valence electrons. The van der Waals surface area contributed by atoms with E-state index in [0.717, 1.165) is 52.2 Å². The highest BCUT2D eigenvalue weighted by molar-refractivity contribution is 6.30. The van der Waals surface area contributed by atoms with Crippen molar-refractivity contribution in [3.63, 3.8) is 0 Å². The summed E-state index contributed by atoms with van der Waals surface area (Å²) in [6.07, 6.45) is 3.67. The van der Waals surface area contributed by atoms with Gasteiger partial charge in [0.25, 0.3) is 5.91 Å². The number of anilines is 1. The summed E-state index contributed by atoms with van der Waals surface area (Å²) in [7, 11) is 0. The van der Waals surface area contributed by atoms with Crippen molar-refractivity contribution in [1.82, 2.24) is 9.78 Å². The van der Waals surface area contributed by atoms with E-state index in [-0.39, 0.29) is 5.91 Å².